The van der Waals surface area contributed by atoms with E-state index in [9.17, 15) is 9.59 Å². The second kappa shape index (κ2) is 10.5. The van der Waals surface area contributed by atoms with E-state index in [0.717, 1.165) is 32.1 Å². The smallest absolute Gasteiger partial charge is 0.260 e. The van der Waals surface area contributed by atoms with Crippen molar-refractivity contribution in [3.8, 4) is 5.75 Å². The summed E-state index contributed by atoms with van der Waals surface area (Å²) in [6.45, 7) is 1.80. The Bertz CT molecular complexity index is 614. The van der Waals surface area contributed by atoms with Crippen molar-refractivity contribution in [1.82, 2.24) is 10.2 Å². The molecule has 0 bridgehead atoms. The Morgan fingerprint density at radius 3 is 2.67 bits per heavy atom. The van der Waals surface area contributed by atoms with Crippen LogP contribution in [0.2, 0.25) is 0 Å². The number of benzene rings is 1. The van der Waals surface area contributed by atoms with Gasteiger partial charge in [-0.15, -0.1) is 12.4 Å². The van der Waals surface area contributed by atoms with Crippen LogP contribution < -0.4 is 15.8 Å². The highest BCUT2D eigenvalue weighted by molar-refractivity contribution is 5.85. The number of nitrogens with one attached hydrogen (secondary N) is 1. The van der Waals surface area contributed by atoms with Gasteiger partial charge in [-0.05, 0) is 50.3 Å². The number of hydrogen-bond donors (Lipinski definition) is 2. The van der Waals surface area contributed by atoms with E-state index < -0.39 is 0 Å². The number of carbonyl (C=O) groups is 2. The van der Waals surface area contributed by atoms with Gasteiger partial charge in [-0.3, -0.25) is 9.59 Å². The molecule has 3 atom stereocenters. The average molecular weight is 396 g/mol. The summed E-state index contributed by atoms with van der Waals surface area (Å²) in [7, 11) is 0. The molecule has 0 aromatic heterocycles. The van der Waals surface area contributed by atoms with Gasteiger partial charge in [-0.1, -0.05) is 24.6 Å². The van der Waals surface area contributed by atoms with Gasteiger partial charge in [0.15, 0.2) is 6.61 Å². The van der Waals surface area contributed by atoms with Crippen LogP contribution in [0.3, 0.4) is 0 Å². The van der Waals surface area contributed by atoms with Gasteiger partial charge in [-0.25, -0.2) is 0 Å². The van der Waals surface area contributed by atoms with Crippen LogP contribution in [0, 0.1) is 11.8 Å². The van der Waals surface area contributed by atoms with Gasteiger partial charge in [0.2, 0.25) is 5.91 Å². The van der Waals surface area contributed by atoms with E-state index in [1.807, 2.05) is 30.3 Å². The summed E-state index contributed by atoms with van der Waals surface area (Å²) >= 11 is 0. The van der Waals surface area contributed by atoms with Crippen LogP contribution in [0.25, 0.3) is 0 Å². The quantitative estimate of drug-likeness (QED) is 0.771. The van der Waals surface area contributed by atoms with Crippen LogP contribution in [-0.4, -0.2) is 49.0 Å². The first-order chi connectivity index (χ1) is 12.7. The SMILES string of the molecule is Cl.NCC1CCCC1NC(=O)C1CCCN(C(=O)COc2ccccc2)C1. The molecule has 0 spiro atoms. The molecule has 2 fully saturated rings. The molecule has 1 aliphatic carbocycles. The number of nitrogens with zero attached hydrogens (tertiary/aromatic N) is 1. The van der Waals surface area contributed by atoms with E-state index >= 15 is 0 Å². The van der Waals surface area contributed by atoms with Gasteiger partial charge in [0, 0.05) is 19.1 Å². The Kier molecular flexibility index (Phi) is 8.38. The molecule has 150 valence electrons. The van der Waals surface area contributed by atoms with Crippen LogP contribution in [0.1, 0.15) is 32.1 Å². The maximum absolute atomic E-state index is 12.6. The molecule has 1 aromatic rings. The highest BCUT2D eigenvalue weighted by Gasteiger charge is 2.32. The summed E-state index contributed by atoms with van der Waals surface area (Å²) in [5.41, 5.74) is 5.80. The zero-order chi connectivity index (χ0) is 18.4. The summed E-state index contributed by atoms with van der Waals surface area (Å²) in [5, 5.41) is 3.18. The normalized spacial score (nSPS) is 24.8. The molecule has 1 aliphatic heterocycles. The number of rotatable bonds is 6. The minimum absolute atomic E-state index is 0. The second-order valence-electron chi connectivity index (χ2n) is 7.32. The number of para-hydroxylation sites is 1. The van der Waals surface area contributed by atoms with Crippen LogP contribution >= 0.6 is 12.4 Å². The molecule has 7 heteroatoms. The number of amides is 2. The average Bonchev–Trinajstić information content (AvgIpc) is 3.14. The Balaban J connectivity index is 0.00000261. The van der Waals surface area contributed by atoms with Crippen molar-refractivity contribution < 1.29 is 14.3 Å². The standard InChI is InChI=1S/C20H29N3O3.ClH/c21-12-15-6-4-10-18(15)22-20(25)16-7-5-11-23(13-16)19(24)14-26-17-8-2-1-3-9-17;/h1-3,8-9,15-16,18H,4-7,10-14,21H2,(H,22,25);1H. The zero-order valence-corrected chi connectivity index (χ0v) is 16.5. The van der Waals surface area contributed by atoms with E-state index in [0.29, 0.717) is 31.3 Å². The lowest BCUT2D eigenvalue weighted by molar-refractivity contribution is -0.137. The van der Waals surface area contributed by atoms with Crippen LogP contribution in [0.5, 0.6) is 5.75 Å². The summed E-state index contributed by atoms with van der Waals surface area (Å²) in [5.74, 6) is 0.938. The lowest BCUT2D eigenvalue weighted by Gasteiger charge is -2.33. The molecule has 3 N–H and O–H groups in total. The van der Waals surface area contributed by atoms with Crippen molar-refractivity contribution in [3.05, 3.63) is 30.3 Å². The molecular weight excluding hydrogens is 366 g/mol. The maximum Gasteiger partial charge on any atom is 0.260 e. The fourth-order valence-corrected chi connectivity index (χ4v) is 3.98. The molecule has 1 saturated carbocycles. The number of hydrogen-bond acceptors (Lipinski definition) is 4. The molecule has 3 unspecified atom stereocenters. The highest BCUT2D eigenvalue weighted by atomic mass is 35.5. The third kappa shape index (κ3) is 5.84. The number of ether oxygens (including phenoxy) is 1. The van der Waals surface area contributed by atoms with Crippen molar-refractivity contribution in [1.29, 1.82) is 0 Å². The topological polar surface area (TPSA) is 84.7 Å². The van der Waals surface area contributed by atoms with Crippen LogP contribution in [0.15, 0.2) is 30.3 Å². The fraction of sp³-hybridized carbons (Fsp3) is 0.600. The summed E-state index contributed by atoms with van der Waals surface area (Å²) in [4.78, 5) is 26.8. The third-order valence-electron chi connectivity index (χ3n) is 5.54. The predicted octanol–water partition coefficient (Wildman–Crippen LogP) is 1.97. The van der Waals surface area contributed by atoms with Gasteiger partial charge < -0.3 is 20.7 Å². The number of halogens is 1. The fourth-order valence-electron chi connectivity index (χ4n) is 3.98. The van der Waals surface area contributed by atoms with Crippen LogP contribution in [0.4, 0.5) is 0 Å². The van der Waals surface area contributed by atoms with Gasteiger partial charge in [0.1, 0.15) is 5.75 Å². The summed E-state index contributed by atoms with van der Waals surface area (Å²) in [6, 6.07) is 9.50. The van der Waals surface area contributed by atoms with Crippen LogP contribution in [-0.2, 0) is 9.59 Å². The third-order valence-corrected chi connectivity index (χ3v) is 5.54. The van der Waals surface area contributed by atoms with Crippen molar-refractivity contribution in [2.24, 2.45) is 17.6 Å². The van der Waals surface area contributed by atoms with Crippen molar-refractivity contribution in [3.63, 3.8) is 0 Å². The zero-order valence-electron chi connectivity index (χ0n) is 15.6. The molecule has 1 heterocycles. The van der Waals surface area contributed by atoms with Crippen molar-refractivity contribution in [2.75, 3.05) is 26.2 Å². The van der Waals surface area contributed by atoms with Crippen molar-refractivity contribution in [2.45, 2.75) is 38.1 Å². The molecule has 2 aliphatic rings. The summed E-state index contributed by atoms with van der Waals surface area (Å²) in [6.07, 6.45) is 4.90. The number of likely N-dealkylation sites (tertiary alicyclic amines) is 1. The lowest BCUT2D eigenvalue weighted by atomic mass is 9.95. The Morgan fingerprint density at radius 1 is 1.15 bits per heavy atom. The number of carbonyl (C=O) groups excluding carboxylic acids is 2. The molecule has 1 aromatic carbocycles. The molecule has 2 amide bonds. The minimum Gasteiger partial charge on any atom is -0.484 e. The maximum atomic E-state index is 12.6. The van der Waals surface area contributed by atoms with E-state index in [2.05, 4.69) is 5.32 Å². The first-order valence-corrected chi connectivity index (χ1v) is 9.63. The molecule has 27 heavy (non-hydrogen) atoms. The highest BCUT2D eigenvalue weighted by Crippen LogP contribution is 2.26. The van der Waals surface area contributed by atoms with Crippen molar-refractivity contribution >= 4 is 24.2 Å². The Labute approximate surface area is 167 Å². The van der Waals surface area contributed by atoms with Gasteiger partial charge in [0.25, 0.3) is 5.91 Å². The Morgan fingerprint density at radius 2 is 1.93 bits per heavy atom. The monoisotopic (exact) mass is 395 g/mol. The minimum atomic E-state index is -0.136. The Hall–Kier alpha value is -1.79. The second-order valence-corrected chi connectivity index (χ2v) is 7.32. The first kappa shape index (κ1) is 21.5. The molecule has 3 rings (SSSR count). The molecule has 1 saturated heterocycles. The largest absolute Gasteiger partial charge is 0.484 e. The molecule has 0 radical (unpaired) electrons. The van der Waals surface area contributed by atoms with Gasteiger partial charge in [0.05, 0.1) is 5.92 Å². The van der Waals surface area contributed by atoms with Gasteiger partial charge >= 0.3 is 0 Å². The van der Waals surface area contributed by atoms with E-state index in [-0.39, 0.29) is 42.8 Å². The summed E-state index contributed by atoms with van der Waals surface area (Å²) < 4.78 is 5.55. The first-order valence-electron chi connectivity index (χ1n) is 9.63. The number of nitrogens with two attached hydrogens (primary N) is 1. The van der Waals surface area contributed by atoms with Gasteiger partial charge in [-0.2, -0.15) is 0 Å². The predicted molar refractivity (Wildman–Crippen MR) is 107 cm³/mol. The lowest BCUT2D eigenvalue weighted by Crippen LogP contribution is -2.49. The molecular formula is C20H30ClN3O3. The van der Waals surface area contributed by atoms with E-state index in [1.54, 1.807) is 4.90 Å². The van der Waals surface area contributed by atoms with E-state index in [4.69, 9.17) is 10.5 Å². The van der Waals surface area contributed by atoms with E-state index in [1.165, 1.54) is 0 Å². The molecule has 6 nitrogen and oxygen atoms in total. The number of piperidine rings is 1.